The topological polar surface area (TPSA) is 54.9 Å². The van der Waals surface area contributed by atoms with Crippen LogP contribution in [-0.4, -0.2) is 62.3 Å². The Morgan fingerprint density at radius 3 is 2.59 bits per heavy atom. The predicted octanol–water partition coefficient (Wildman–Crippen LogP) is 2.85. The second kappa shape index (κ2) is 9.37. The molecular weight excluding hydrogens is 342 g/mol. The van der Waals surface area contributed by atoms with Gasteiger partial charge in [0.05, 0.1) is 6.61 Å². The molecule has 0 N–H and O–H groups in total. The first kappa shape index (κ1) is 19.2. The minimum atomic E-state index is -0.0173. The minimum absolute atomic E-state index is 0.0173. The summed E-state index contributed by atoms with van der Waals surface area (Å²) in [6.07, 6.45) is 3.52. The number of hydrogen-bond acceptors (Lipinski definition) is 5. The molecule has 0 atom stereocenters. The molecule has 144 valence electrons. The van der Waals surface area contributed by atoms with E-state index >= 15 is 0 Å². The zero-order chi connectivity index (χ0) is 19.1. The summed E-state index contributed by atoms with van der Waals surface area (Å²) < 4.78 is 10.6. The van der Waals surface area contributed by atoms with Crippen molar-refractivity contribution in [2.24, 2.45) is 0 Å². The van der Waals surface area contributed by atoms with Crippen molar-refractivity contribution in [2.75, 3.05) is 45.4 Å². The molecule has 1 aromatic heterocycles. The summed E-state index contributed by atoms with van der Waals surface area (Å²) in [5.74, 6) is 0.361. The average Bonchev–Trinajstić information content (AvgIpc) is 2.74. The van der Waals surface area contributed by atoms with Crippen LogP contribution in [0, 0.1) is 0 Å². The Kier molecular flexibility index (Phi) is 6.65. The summed E-state index contributed by atoms with van der Waals surface area (Å²) in [7, 11) is 3.74. The van der Waals surface area contributed by atoms with Gasteiger partial charge in [0.25, 0.3) is 5.91 Å². The maximum absolute atomic E-state index is 13.0. The highest BCUT2D eigenvalue weighted by Crippen LogP contribution is 2.24. The summed E-state index contributed by atoms with van der Waals surface area (Å²) >= 11 is 0. The lowest BCUT2D eigenvalue weighted by Crippen LogP contribution is -2.45. The first-order valence-electron chi connectivity index (χ1n) is 9.34. The second-order valence-corrected chi connectivity index (χ2v) is 6.67. The number of nitrogens with zero attached hydrogens (tertiary/aromatic N) is 3. The van der Waals surface area contributed by atoms with Crippen molar-refractivity contribution in [3.8, 4) is 5.88 Å². The third-order valence-electron chi connectivity index (χ3n) is 4.99. The number of amides is 1. The van der Waals surface area contributed by atoms with Crippen LogP contribution in [0.25, 0.3) is 0 Å². The van der Waals surface area contributed by atoms with E-state index in [1.54, 1.807) is 25.4 Å². The molecule has 1 aliphatic heterocycles. The standard InChI is InChI=1S/C21H27N3O3/c1-23(17-7-4-3-5-8-17)18-10-13-24(14-11-18)21(25)19-9-6-12-22-20(19)27-16-15-26-2/h3-9,12,18H,10-11,13-16H2,1-2H3. The fourth-order valence-electron chi connectivity index (χ4n) is 3.39. The van der Waals surface area contributed by atoms with Gasteiger partial charge in [0.15, 0.2) is 0 Å². The number of para-hydroxylation sites is 1. The van der Waals surface area contributed by atoms with Crippen molar-refractivity contribution < 1.29 is 14.3 Å². The van der Waals surface area contributed by atoms with E-state index in [0.29, 0.717) is 30.7 Å². The van der Waals surface area contributed by atoms with Crippen LogP contribution in [0.5, 0.6) is 5.88 Å². The van der Waals surface area contributed by atoms with Gasteiger partial charge in [-0.1, -0.05) is 18.2 Å². The fourth-order valence-corrected chi connectivity index (χ4v) is 3.39. The van der Waals surface area contributed by atoms with E-state index in [1.807, 2.05) is 11.0 Å². The van der Waals surface area contributed by atoms with Crippen LogP contribution < -0.4 is 9.64 Å². The van der Waals surface area contributed by atoms with Gasteiger partial charge < -0.3 is 19.3 Å². The Labute approximate surface area is 160 Å². The fraction of sp³-hybridized carbons (Fsp3) is 0.429. The van der Waals surface area contributed by atoms with Crippen molar-refractivity contribution in [3.05, 3.63) is 54.2 Å². The average molecular weight is 369 g/mol. The molecule has 2 heterocycles. The summed E-state index contributed by atoms with van der Waals surface area (Å²) in [5, 5.41) is 0. The molecule has 0 bridgehead atoms. The highest BCUT2D eigenvalue weighted by atomic mass is 16.5. The van der Waals surface area contributed by atoms with E-state index in [9.17, 15) is 4.79 Å². The lowest BCUT2D eigenvalue weighted by atomic mass is 10.0. The molecule has 0 radical (unpaired) electrons. The molecule has 1 fully saturated rings. The van der Waals surface area contributed by atoms with Crippen LogP contribution in [-0.2, 0) is 4.74 Å². The molecule has 0 spiro atoms. The van der Waals surface area contributed by atoms with Gasteiger partial charge in [-0.05, 0) is 37.1 Å². The van der Waals surface area contributed by atoms with Crippen LogP contribution >= 0.6 is 0 Å². The number of rotatable bonds is 7. The number of benzene rings is 1. The molecule has 1 aromatic carbocycles. The lowest BCUT2D eigenvalue weighted by Gasteiger charge is -2.38. The molecule has 0 unspecified atom stereocenters. The van der Waals surface area contributed by atoms with E-state index in [0.717, 1.165) is 25.9 Å². The number of ether oxygens (including phenoxy) is 2. The zero-order valence-corrected chi connectivity index (χ0v) is 16.0. The Bertz CT molecular complexity index is 730. The minimum Gasteiger partial charge on any atom is -0.475 e. The number of hydrogen-bond donors (Lipinski definition) is 0. The molecular formula is C21H27N3O3. The molecule has 0 aliphatic carbocycles. The third-order valence-corrected chi connectivity index (χ3v) is 4.99. The van der Waals surface area contributed by atoms with E-state index in [-0.39, 0.29) is 5.91 Å². The number of methoxy groups -OCH3 is 1. The number of carbonyl (C=O) groups is 1. The van der Waals surface area contributed by atoms with Crippen molar-refractivity contribution in [2.45, 2.75) is 18.9 Å². The molecule has 3 rings (SSSR count). The Hall–Kier alpha value is -2.60. The van der Waals surface area contributed by atoms with Crippen molar-refractivity contribution in [3.63, 3.8) is 0 Å². The van der Waals surface area contributed by atoms with E-state index in [4.69, 9.17) is 9.47 Å². The summed E-state index contributed by atoms with van der Waals surface area (Å²) in [4.78, 5) is 21.4. The van der Waals surface area contributed by atoms with Gasteiger partial charge in [-0.2, -0.15) is 0 Å². The number of piperidine rings is 1. The largest absolute Gasteiger partial charge is 0.475 e. The molecule has 1 amide bonds. The van der Waals surface area contributed by atoms with Crippen LogP contribution in [0.15, 0.2) is 48.7 Å². The quantitative estimate of drug-likeness (QED) is 0.703. The van der Waals surface area contributed by atoms with Gasteiger partial charge >= 0.3 is 0 Å². The monoisotopic (exact) mass is 369 g/mol. The predicted molar refractivity (Wildman–Crippen MR) is 105 cm³/mol. The third kappa shape index (κ3) is 4.77. The van der Waals surface area contributed by atoms with Crippen LogP contribution in [0.4, 0.5) is 5.69 Å². The Morgan fingerprint density at radius 2 is 1.89 bits per heavy atom. The van der Waals surface area contributed by atoms with Gasteiger partial charge in [-0.25, -0.2) is 4.98 Å². The van der Waals surface area contributed by atoms with Crippen LogP contribution in [0.3, 0.4) is 0 Å². The Morgan fingerprint density at radius 1 is 1.15 bits per heavy atom. The van der Waals surface area contributed by atoms with E-state index in [2.05, 4.69) is 41.2 Å². The van der Waals surface area contributed by atoms with Crippen LogP contribution in [0.1, 0.15) is 23.2 Å². The van der Waals surface area contributed by atoms with E-state index in [1.165, 1.54) is 5.69 Å². The summed E-state index contributed by atoms with van der Waals surface area (Å²) in [5.41, 5.74) is 1.73. The van der Waals surface area contributed by atoms with Gasteiger partial charge in [0.2, 0.25) is 5.88 Å². The highest BCUT2D eigenvalue weighted by molar-refractivity contribution is 5.96. The van der Waals surface area contributed by atoms with Crippen molar-refractivity contribution >= 4 is 11.6 Å². The first-order chi connectivity index (χ1) is 13.2. The second-order valence-electron chi connectivity index (χ2n) is 6.67. The number of pyridine rings is 1. The molecule has 1 aliphatic rings. The van der Waals surface area contributed by atoms with Crippen molar-refractivity contribution in [1.29, 1.82) is 0 Å². The molecule has 1 saturated heterocycles. The smallest absolute Gasteiger partial charge is 0.259 e. The normalized spacial score (nSPS) is 14.8. The number of likely N-dealkylation sites (tertiary alicyclic amines) is 1. The van der Waals surface area contributed by atoms with E-state index < -0.39 is 0 Å². The molecule has 27 heavy (non-hydrogen) atoms. The number of aromatic nitrogens is 1. The molecule has 2 aromatic rings. The molecule has 0 saturated carbocycles. The molecule has 6 heteroatoms. The maximum Gasteiger partial charge on any atom is 0.259 e. The lowest BCUT2D eigenvalue weighted by molar-refractivity contribution is 0.0705. The zero-order valence-electron chi connectivity index (χ0n) is 16.0. The highest BCUT2D eigenvalue weighted by Gasteiger charge is 2.27. The summed E-state index contributed by atoms with van der Waals surface area (Å²) in [6.45, 7) is 2.29. The first-order valence-corrected chi connectivity index (χ1v) is 9.34. The SMILES string of the molecule is COCCOc1ncccc1C(=O)N1CCC(N(C)c2ccccc2)CC1. The molecule has 6 nitrogen and oxygen atoms in total. The Balaban J connectivity index is 1.60. The summed E-state index contributed by atoms with van der Waals surface area (Å²) in [6, 6.07) is 14.4. The maximum atomic E-state index is 13.0. The van der Waals surface area contributed by atoms with Gasteiger partial charge in [-0.3, -0.25) is 4.79 Å². The number of carbonyl (C=O) groups excluding carboxylic acids is 1. The number of anilines is 1. The van der Waals surface area contributed by atoms with Crippen molar-refractivity contribution in [1.82, 2.24) is 9.88 Å². The van der Waals surface area contributed by atoms with Gasteiger partial charge in [0, 0.05) is 45.2 Å². The van der Waals surface area contributed by atoms with Gasteiger partial charge in [-0.15, -0.1) is 0 Å². The van der Waals surface area contributed by atoms with Gasteiger partial charge in [0.1, 0.15) is 12.2 Å². The van der Waals surface area contributed by atoms with Crippen LogP contribution in [0.2, 0.25) is 0 Å².